The Morgan fingerprint density at radius 1 is 1.07 bits per heavy atom. The summed E-state index contributed by atoms with van der Waals surface area (Å²) >= 11 is 0. The van der Waals surface area contributed by atoms with Crippen molar-refractivity contribution in [2.45, 2.75) is 24.9 Å². The van der Waals surface area contributed by atoms with E-state index in [1.807, 2.05) is 42.7 Å². The molecule has 2 N–H and O–H groups in total. The van der Waals surface area contributed by atoms with Gasteiger partial charge in [-0.05, 0) is 43.2 Å². The zero-order valence-electron chi connectivity index (χ0n) is 15.9. The molecule has 3 aromatic rings. The Bertz CT molecular complexity index is 1050. The number of piperidine rings is 1. The monoisotopic (exact) mass is 391 g/mol. The lowest BCUT2D eigenvalue weighted by Crippen LogP contribution is -2.58. The summed E-state index contributed by atoms with van der Waals surface area (Å²) in [5.41, 5.74) is 3.05. The average molecular weight is 391 g/mol. The molecule has 29 heavy (non-hydrogen) atoms. The lowest BCUT2D eigenvalue weighted by molar-refractivity contribution is -0.122. The number of nitrogens with one attached hydrogen (secondary N) is 2. The van der Waals surface area contributed by atoms with E-state index >= 15 is 0 Å². The van der Waals surface area contributed by atoms with Crippen molar-refractivity contribution in [3.05, 3.63) is 72.3 Å². The lowest BCUT2D eigenvalue weighted by atomic mass is 9.84. The van der Waals surface area contributed by atoms with Gasteiger partial charge in [0.15, 0.2) is 0 Å². The van der Waals surface area contributed by atoms with E-state index in [4.69, 9.17) is 0 Å². The van der Waals surface area contributed by atoms with Gasteiger partial charge in [0.05, 0.1) is 23.3 Å². The highest BCUT2D eigenvalue weighted by Crippen LogP contribution is 2.36. The van der Waals surface area contributed by atoms with Gasteiger partial charge in [0.2, 0.25) is 5.91 Å². The summed E-state index contributed by atoms with van der Waals surface area (Å²) in [6, 6.07) is 14.2. The van der Waals surface area contributed by atoms with Gasteiger partial charge in [-0.15, -0.1) is 0 Å². The molecule has 1 fully saturated rings. The minimum atomic E-state index is -0.545. The summed E-state index contributed by atoms with van der Waals surface area (Å²) in [5.74, 6) is -0.226. The van der Waals surface area contributed by atoms with Crippen molar-refractivity contribution in [2.24, 2.45) is 0 Å². The van der Waals surface area contributed by atoms with Crippen molar-refractivity contribution in [1.29, 1.82) is 0 Å². The summed E-state index contributed by atoms with van der Waals surface area (Å²) in [7, 11) is 0. The number of aromatic nitrogens is 2. The van der Waals surface area contributed by atoms with Crippen molar-refractivity contribution >= 4 is 17.3 Å². The molecule has 2 aromatic carbocycles. The number of carbonyl (C=O) groups is 1. The van der Waals surface area contributed by atoms with Gasteiger partial charge >= 0.3 is 0 Å². The number of hydrogen-bond acceptors (Lipinski definition) is 4. The third-order valence-electron chi connectivity index (χ3n) is 5.81. The van der Waals surface area contributed by atoms with Crippen LogP contribution in [0.3, 0.4) is 0 Å². The first-order valence-corrected chi connectivity index (χ1v) is 9.82. The van der Waals surface area contributed by atoms with Crippen LogP contribution in [-0.4, -0.2) is 39.2 Å². The predicted molar refractivity (Wildman–Crippen MR) is 109 cm³/mol. The maximum absolute atomic E-state index is 13.4. The predicted octanol–water partition coefficient (Wildman–Crippen LogP) is 3.41. The number of nitrogens with zero attached hydrogens (tertiary/aromatic N) is 3. The van der Waals surface area contributed by atoms with Gasteiger partial charge in [-0.3, -0.25) is 9.69 Å². The highest BCUT2D eigenvalue weighted by atomic mass is 19.1. The van der Waals surface area contributed by atoms with Gasteiger partial charge in [0.25, 0.3) is 0 Å². The van der Waals surface area contributed by atoms with Gasteiger partial charge in [0, 0.05) is 31.4 Å². The summed E-state index contributed by atoms with van der Waals surface area (Å²) in [5, 5.41) is 10.9. The SMILES string of the molecule is O=C1Nc2ccccc2NC12CCN(Cc1cnn(-c3cccc(F)c3)c1)CC2. The topological polar surface area (TPSA) is 62.2 Å². The summed E-state index contributed by atoms with van der Waals surface area (Å²) in [4.78, 5) is 15.1. The van der Waals surface area contributed by atoms with Crippen LogP contribution in [0.4, 0.5) is 15.8 Å². The summed E-state index contributed by atoms with van der Waals surface area (Å²) in [6.45, 7) is 2.38. The Labute approximate surface area is 168 Å². The fourth-order valence-corrected chi connectivity index (χ4v) is 4.16. The molecule has 1 saturated heterocycles. The molecule has 1 aromatic heterocycles. The second kappa shape index (κ2) is 7.00. The molecule has 0 atom stereocenters. The highest BCUT2D eigenvalue weighted by Gasteiger charge is 2.44. The van der Waals surface area contributed by atoms with Gasteiger partial charge < -0.3 is 10.6 Å². The van der Waals surface area contributed by atoms with Crippen LogP contribution in [0, 0.1) is 5.82 Å². The van der Waals surface area contributed by atoms with Crippen LogP contribution in [-0.2, 0) is 11.3 Å². The van der Waals surface area contributed by atoms with E-state index in [0.29, 0.717) is 5.69 Å². The van der Waals surface area contributed by atoms with Crippen LogP contribution >= 0.6 is 0 Å². The molecule has 7 heteroatoms. The van der Waals surface area contributed by atoms with Crippen LogP contribution in [0.5, 0.6) is 0 Å². The van der Waals surface area contributed by atoms with E-state index in [-0.39, 0.29) is 11.7 Å². The number of halogens is 1. The van der Waals surface area contributed by atoms with E-state index in [9.17, 15) is 9.18 Å². The van der Waals surface area contributed by atoms with Gasteiger partial charge in [0.1, 0.15) is 11.4 Å². The van der Waals surface area contributed by atoms with Crippen molar-refractivity contribution in [3.63, 3.8) is 0 Å². The Morgan fingerprint density at radius 2 is 1.86 bits per heavy atom. The molecular formula is C22H22FN5O. The molecule has 2 aliphatic rings. The highest BCUT2D eigenvalue weighted by molar-refractivity contribution is 6.06. The number of likely N-dealkylation sites (tertiary alicyclic amines) is 1. The normalized spacial score (nSPS) is 18.2. The first-order valence-electron chi connectivity index (χ1n) is 9.82. The van der Waals surface area contributed by atoms with E-state index in [1.54, 1.807) is 10.7 Å². The summed E-state index contributed by atoms with van der Waals surface area (Å²) < 4.78 is 15.1. The second-order valence-electron chi connectivity index (χ2n) is 7.76. The Morgan fingerprint density at radius 3 is 2.66 bits per heavy atom. The number of carbonyl (C=O) groups excluding carboxylic acids is 1. The third-order valence-corrected chi connectivity index (χ3v) is 5.81. The van der Waals surface area contributed by atoms with Crippen molar-refractivity contribution in [2.75, 3.05) is 23.7 Å². The first kappa shape index (κ1) is 17.9. The third kappa shape index (κ3) is 3.38. The molecule has 5 rings (SSSR count). The van der Waals surface area contributed by atoms with Crippen LogP contribution < -0.4 is 10.6 Å². The van der Waals surface area contributed by atoms with Crippen LogP contribution in [0.25, 0.3) is 5.69 Å². The largest absolute Gasteiger partial charge is 0.369 e. The molecule has 148 valence electrons. The maximum atomic E-state index is 13.4. The number of amides is 1. The number of rotatable bonds is 3. The Balaban J connectivity index is 1.25. The second-order valence-corrected chi connectivity index (χ2v) is 7.76. The maximum Gasteiger partial charge on any atom is 0.250 e. The zero-order valence-corrected chi connectivity index (χ0v) is 15.9. The fourth-order valence-electron chi connectivity index (χ4n) is 4.16. The smallest absolute Gasteiger partial charge is 0.250 e. The summed E-state index contributed by atoms with van der Waals surface area (Å²) in [6.07, 6.45) is 5.23. The molecule has 0 bridgehead atoms. The van der Waals surface area contributed by atoms with Gasteiger partial charge in [-0.2, -0.15) is 5.10 Å². The minimum Gasteiger partial charge on any atom is -0.369 e. The van der Waals surface area contributed by atoms with Crippen LogP contribution in [0.1, 0.15) is 18.4 Å². The molecule has 1 amide bonds. The standard InChI is InChI=1S/C22H22FN5O/c23-17-4-3-5-18(12-17)28-15-16(13-24-28)14-27-10-8-22(9-11-27)21(29)25-19-6-1-2-7-20(19)26-22/h1-7,12-13,15,26H,8-11,14H2,(H,25,29). The fraction of sp³-hybridized carbons (Fsp3) is 0.273. The molecule has 6 nitrogen and oxygen atoms in total. The minimum absolute atomic E-state index is 0.0507. The average Bonchev–Trinajstić information content (AvgIpc) is 3.19. The van der Waals surface area contributed by atoms with Crippen molar-refractivity contribution in [3.8, 4) is 5.69 Å². The Kier molecular flexibility index (Phi) is 4.32. The van der Waals surface area contributed by atoms with E-state index in [2.05, 4.69) is 20.6 Å². The van der Waals surface area contributed by atoms with Crippen LogP contribution in [0.2, 0.25) is 0 Å². The van der Waals surface area contributed by atoms with Gasteiger partial charge in [-0.25, -0.2) is 9.07 Å². The van der Waals surface area contributed by atoms with Crippen LogP contribution in [0.15, 0.2) is 60.9 Å². The Hall–Kier alpha value is -3.19. The number of anilines is 2. The zero-order chi connectivity index (χ0) is 19.8. The number of benzene rings is 2. The quantitative estimate of drug-likeness (QED) is 0.718. The van der Waals surface area contributed by atoms with Gasteiger partial charge in [-0.1, -0.05) is 18.2 Å². The molecule has 2 aliphatic heterocycles. The lowest BCUT2D eigenvalue weighted by Gasteiger charge is -2.44. The molecule has 3 heterocycles. The van der Waals surface area contributed by atoms with E-state index in [1.165, 1.54) is 12.1 Å². The number of fused-ring (bicyclic) bond motifs is 1. The van der Waals surface area contributed by atoms with Crippen molar-refractivity contribution < 1.29 is 9.18 Å². The molecular weight excluding hydrogens is 369 g/mol. The molecule has 0 aliphatic carbocycles. The molecule has 0 unspecified atom stereocenters. The van der Waals surface area contributed by atoms with E-state index in [0.717, 1.165) is 49.4 Å². The molecule has 0 radical (unpaired) electrons. The molecule has 1 spiro atoms. The van der Waals surface area contributed by atoms with E-state index < -0.39 is 5.54 Å². The first-order chi connectivity index (χ1) is 14.1. The van der Waals surface area contributed by atoms with Crippen molar-refractivity contribution in [1.82, 2.24) is 14.7 Å². The number of hydrogen-bond donors (Lipinski definition) is 2. The number of para-hydroxylation sites is 2. The molecule has 0 saturated carbocycles.